The summed E-state index contributed by atoms with van der Waals surface area (Å²) in [7, 11) is 3.67. The van der Waals surface area contributed by atoms with Crippen LogP contribution in [0.2, 0.25) is 0 Å². The van der Waals surface area contributed by atoms with Crippen molar-refractivity contribution in [3.05, 3.63) is 47.5 Å². The summed E-state index contributed by atoms with van der Waals surface area (Å²) in [6, 6.07) is 4.66. The van der Waals surface area contributed by atoms with E-state index < -0.39 is 5.82 Å². The quantitative estimate of drug-likeness (QED) is 0.647. The van der Waals surface area contributed by atoms with Crippen molar-refractivity contribution in [2.75, 3.05) is 11.9 Å². The molecule has 0 saturated heterocycles. The molecule has 1 aromatic carbocycles. The Hall–Kier alpha value is -2.37. The lowest BCUT2D eigenvalue weighted by atomic mass is 10.1. The van der Waals surface area contributed by atoms with Crippen LogP contribution in [0.15, 0.2) is 30.6 Å². The van der Waals surface area contributed by atoms with Gasteiger partial charge >= 0.3 is 0 Å². The van der Waals surface area contributed by atoms with E-state index in [4.69, 9.17) is 11.1 Å². The van der Waals surface area contributed by atoms with Crippen LogP contribution in [-0.4, -0.2) is 22.7 Å². The summed E-state index contributed by atoms with van der Waals surface area (Å²) in [6.45, 7) is 0.567. The van der Waals surface area contributed by atoms with Crippen LogP contribution in [-0.2, 0) is 13.6 Å². The Morgan fingerprint density at radius 2 is 2.26 bits per heavy atom. The Kier molecular flexibility index (Phi) is 3.50. The molecule has 6 heteroatoms. The Bertz CT molecular complexity index is 605. The molecule has 2 aromatic rings. The topological polar surface area (TPSA) is 70.9 Å². The standard InChI is InChI=1S/C13H16FN5/c1-18(7-9-6-17-19(2)8-9)11-5-3-4-10(14)12(11)13(15)16/h3-6,8H,7H2,1-2H3,(H3,15,16). The van der Waals surface area contributed by atoms with E-state index in [1.165, 1.54) is 6.07 Å². The number of hydrogen-bond donors (Lipinski definition) is 2. The number of nitrogens with zero attached hydrogens (tertiary/aromatic N) is 3. The summed E-state index contributed by atoms with van der Waals surface area (Å²) in [5, 5.41) is 11.6. The van der Waals surface area contributed by atoms with Crippen LogP contribution in [0.25, 0.3) is 0 Å². The number of nitrogen functional groups attached to an aromatic ring is 1. The van der Waals surface area contributed by atoms with E-state index in [9.17, 15) is 4.39 Å². The first-order valence-electron chi connectivity index (χ1n) is 5.80. The molecular formula is C13H16FN5. The monoisotopic (exact) mass is 261 g/mol. The molecule has 0 unspecified atom stereocenters. The van der Waals surface area contributed by atoms with Crippen LogP contribution in [0, 0.1) is 11.2 Å². The van der Waals surface area contributed by atoms with E-state index in [2.05, 4.69) is 5.10 Å². The van der Waals surface area contributed by atoms with Crippen molar-refractivity contribution in [1.29, 1.82) is 5.41 Å². The Balaban J connectivity index is 2.31. The molecule has 0 spiro atoms. The van der Waals surface area contributed by atoms with Crippen molar-refractivity contribution in [1.82, 2.24) is 9.78 Å². The first-order valence-corrected chi connectivity index (χ1v) is 5.80. The molecule has 5 nitrogen and oxygen atoms in total. The maximum atomic E-state index is 13.7. The van der Waals surface area contributed by atoms with Crippen molar-refractivity contribution in [3.8, 4) is 0 Å². The normalized spacial score (nSPS) is 10.5. The highest BCUT2D eigenvalue weighted by Gasteiger charge is 2.15. The minimum Gasteiger partial charge on any atom is -0.384 e. The lowest BCUT2D eigenvalue weighted by Crippen LogP contribution is -2.23. The van der Waals surface area contributed by atoms with Crippen molar-refractivity contribution in [3.63, 3.8) is 0 Å². The molecule has 0 aliphatic carbocycles. The fourth-order valence-electron chi connectivity index (χ4n) is 2.01. The van der Waals surface area contributed by atoms with Gasteiger partial charge in [0.25, 0.3) is 0 Å². The van der Waals surface area contributed by atoms with E-state index in [0.717, 1.165) is 5.56 Å². The van der Waals surface area contributed by atoms with Crippen LogP contribution in [0.4, 0.5) is 10.1 Å². The molecule has 0 aliphatic rings. The highest BCUT2D eigenvalue weighted by molar-refractivity contribution is 6.00. The lowest BCUT2D eigenvalue weighted by Gasteiger charge is -2.21. The average molecular weight is 261 g/mol. The van der Waals surface area contributed by atoms with Gasteiger partial charge in [-0.05, 0) is 12.1 Å². The van der Waals surface area contributed by atoms with Gasteiger partial charge in [-0.3, -0.25) is 10.1 Å². The molecule has 0 aliphatic heterocycles. The zero-order valence-corrected chi connectivity index (χ0v) is 10.9. The van der Waals surface area contributed by atoms with Gasteiger partial charge < -0.3 is 10.6 Å². The number of halogens is 1. The lowest BCUT2D eigenvalue weighted by molar-refractivity contribution is 0.624. The number of benzene rings is 1. The number of hydrogen-bond acceptors (Lipinski definition) is 3. The number of nitrogens with one attached hydrogen (secondary N) is 1. The molecule has 0 atom stereocenters. The maximum absolute atomic E-state index is 13.7. The van der Waals surface area contributed by atoms with Gasteiger partial charge in [0.1, 0.15) is 11.7 Å². The minimum atomic E-state index is -0.483. The number of aromatic nitrogens is 2. The van der Waals surface area contributed by atoms with E-state index in [0.29, 0.717) is 12.2 Å². The van der Waals surface area contributed by atoms with Crippen LogP contribution in [0.3, 0.4) is 0 Å². The van der Waals surface area contributed by atoms with Crippen LogP contribution >= 0.6 is 0 Å². The molecule has 100 valence electrons. The van der Waals surface area contributed by atoms with E-state index in [1.807, 2.05) is 25.2 Å². The predicted octanol–water partition coefficient (Wildman–Crippen LogP) is 1.48. The minimum absolute atomic E-state index is 0.133. The molecule has 3 N–H and O–H groups in total. The molecule has 0 fully saturated rings. The zero-order valence-electron chi connectivity index (χ0n) is 10.9. The van der Waals surface area contributed by atoms with Gasteiger partial charge in [0.2, 0.25) is 0 Å². The molecule has 19 heavy (non-hydrogen) atoms. The van der Waals surface area contributed by atoms with Gasteiger partial charge in [0.15, 0.2) is 0 Å². The number of rotatable bonds is 4. The summed E-state index contributed by atoms with van der Waals surface area (Å²) < 4.78 is 15.4. The fourth-order valence-corrected chi connectivity index (χ4v) is 2.01. The maximum Gasteiger partial charge on any atom is 0.136 e. The number of anilines is 1. The smallest absolute Gasteiger partial charge is 0.136 e. The van der Waals surface area contributed by atoms with Crippen LogP contribution in [0.5, 0.6) is 0 Å². The molecule has 0 bridgehead atoms. The number of amidine groups is 1. The van der Waals surface area contributed by atoms with E-state index >= 15 is 0 Å². The molecule has 1 heterocycles. The Labute approximate surface area is 111 Å². The molecule has 0 saturated carbocycles. The van der Waals surface area contributed by atoms with Crippen molar-refractivity contribution >= 4 is 11.5 Å². The summed E-state index contributed by atoms with van der Waals surface area (Å²) in [5.41, 5.74) is 7.18. The highest BCUT2D eigenvalue weighted by atomic mass is 19.1. The van der Waals surface area contributed by atoms with Gasteiger partial charge in [-0.15, -0.1) is 0 Å². The van der Waals surface area contributed by atoms with Crippen LogP contribution in [0.1, 0.15) is 11.1 Å². The van der Waals surface area contributed by atoms with Gasteiger partial charge in [-0.25, -0.2) is 4.39 Å². The highest BCUT2D eigenvalue weighted by Crippen LogP contribution is 2.23. The van der Waals surface area contributed by atoms with Crippen molar-refractivity contribution < 1.29 is 4.39 Å². The average Bonchev–Trinajstić information content (AvgIpc) is 2.73. The summed E-state index contributed by atoms with van der Waals surface area (Å²) in [4.78, 5) is 1.84. The second-order valence-corrected chi connectivity index (χ2v) is 4.43. The molecule has 2 rings (SSSR count). The second kappa shape index (κ2) is 5.09. The summed E-state index contributed by atoms with van der Waals surface area (Å²) in [6.07, 6.45) is 3.65. The largest absolute Gasteiger partial charge is 0.384 e. The van der Waals surface area contributed by atoms with Gasteiger partial charge in [-0.2, -0.15) is 5.10 Å². The first kappa shape index (κ1) is 13.1. The third kappa shape index (κ3) is 2.73. The first-order chi connectivity index (χ1) is 8.99. The van der Waals surface area contributed by atoms with E-state index in [1.54, 1.807) is 23.0 Å². The fraction of sp³-hybridized carbons (Fsp3) is 0.231. The Morgan fingerprint density at radius 1 is 1.53 bits per heavy atom. The van der Waals surface area contributed by atoms with Crippen LogP contribution < -0.4 is 10.6 Å². The molecule has 0 amide bonds. The van der Waals surface area contributed by atoms with E-state index in [-0.39, 0.29) is 11.4 Å². The van der Waals surface area contributed by atoms with Gasteiger partial charge in [0.05, 0.1) is 17.4 Å². The number of aryl methyl sites for hydroxylation is 1. The summed E-state index contributed by atoms with van der Waals surface area (Å²) in [5.74, 6) is -0.755. The Morgan fingerprint density at radius 3 is 2.84 bits per heavy atom. The van der Waals surface area contributed by atoms with Crippen molar-refractivity contribution in [2.24, 2.45) is 12.8 Å². The summed E-state index contributed by atoms with van der Waals surface area (Å²) >= 11 is 0. The third-order valence-corrected chi connectivity index (χ3v) is 2.85. The second-order valence-electron chi connectivity index (χ2n) is 4.43. The van der Waals surface area contributed by atoms with Crippen molar-refractivity contribution in [2.45, 2.75) is 6.54 Å². The third-order valence-electron chi connectivity index (χ3n) is 2.85. The number of nitrogens with two attached hydrogens (primary N) is 1. The molecule has 0 radical (unpaired) electrons. The molecule has 1 aromatic heterocycles. The van der Waals surface area contributed by atoms with Gasteiger partial charge in [-0.1, -0.05) is 6.07 Å². The predicted molar refractivity (Wildman–Crippen MR) is 72.7 cm³/mol. The zero-order chi connectivity index (χ0) is 14.0. The molecular weight excluding hydrogens is 245 g/mol. The van der Waals surface area contributed by atoms with Gasteiger partial charge in [0, 0.05) is 32.4 Å². The SMILES string of the molecule is CN(Cc1cnn(C)c1)c1cccc(F)c1C(=N)N.